The van der Waals surface area contributed by atoms with Crippen molar-refractivity contribution in [1.29, 1.82) is 0 Å². The number of rotatable bonds is 8. The molecule has 1 aliphatic heterocycles. The highest BCUT2D eigenvalue weighted by molar-refractivity contribution is 6.30. The first-order chi connectivity index (χ1) is 20.9. The van der Waals surface area contributed by atoms with Crippen LogP contribution in [0.3, 0.4) is 0 Å². The molecule has 7 nitrogen and oxygen atoms in total. The Kier molecular flexibility index (Phi) is 8.54. The summed E-state index contributed by atoms with van der Waals surface area (Å²) in [6, 6.07) is 32.2. The van der Waals surface area contributed by atoms with Crippen molar-refractivity contribution in [2.24, 2.45) is 0 Å². The van der Waals surface area contributed by atoms with Crippen LogP contribution in [0.2, 0.25) is 5.02 Å². The van der Waals surface area contributed by atoms with Gasteiger partial charge in [0.2, 0.25) is 0 Å². The van der Waals surface area contributed by atoms with E-state index in [9.17, 15) is 14.4 Å². The second-order valence-corrected chi connectivity index (χ2v) is 11.5. The van der Waals surface area contributed by atoms with Gasteiger partial charge in [-0.1, -0.05) is 78.3 Å². The van der Waals surface area contributed by atoms with E-state index in [-0.39, 0.29) is 30.6 Å². The van der Waals surface area contributed by atoms with Crippen LogP contribution in [0.1, 0.15) is 39.9 Å². The third-order valence-corrected chi connectivity index (χ3v) is 8.33. The summed E-state index contributed by atoms with van der Waals surface area (Å²) in [5.74, 6) is -0.111. The lowest BCUT2D eigenvalue weighted by Crippen LogP contribution is -2.44. The summed E-state index contributed by atoms with van der Waals surface area (Å²) in [5, 5.41) is 4.23. The molecule has 0 spiro atoms. The molecule has 218 valence electrons. The quantitative estimate of drug-likeness (QED) is 0.265. The van der Waals surface area contributed by atoms with E-state index in [2.05, 4.69) is 34.5 Å². The molecule has 1 saturated heterocycles. The zero-order valence-corrected chi connectivity index (χ0v) is 24.5. The van der Waals surface area contributed by atoms with E-state index in [0.29, 0.717) is 21.5 Å². The molecule has 0 aliphatic carbocycles. The molecule has 0 bridgehead atoms. The molecule has 8 heteroatoms. The second-order valence-electron chi connectivity index (χ2n) is 11.1. The van der Waals surface area contributed by atoms with Crippen LogP contribution in [0.25, 0.3) is 10.9 Å². The Morgan fingerprint density at radius 3 is 2.12 bits per heavy atom. The SMILES string of the molecule is O=C(NC1CCN(Cc2ccccc2)CC1)c1ccc(Cn2c(=O)c3ccccc3n(Cc3cccc(Cl)c3)c2=O)cc1. The molecule has 2 heterocycles. The Morgan fingerprint density at radius 1 is 0.721 bits per heavy atom. The van der Waals surface area contributed by atoms with Gasteiger partial charge in [0.25, 0.3) is 11.5 Å². The smallest absolute Gasteiger partial charge is 0.332 e. The highest BCUT2D eigenvalue weighted by Crippen LogP contribution is 2.16. The third-order valence-electron chi connectivity index (χ3n) is 8.09. The monoisotopic (exact) mass is 592 g/mol. The Bertz CT molecular complexity index is 1860. The molecule has 1 amide bonds. The number of halogens is 1. The number of likely N-dealkylation sites (tertiary alicyclic amines) is 1. The van der Waals surface area contributed by atoms with Gasteiger partial charge in [-0.25, -0.2) is 4.79 Å². The minimum absolute atomic E-state index is 0.0970. The van der Waals surface area contributed by atoms with Gasteiger partial charge in [0.05, 0.1) is 24.0 Å². The lowest BCUT2D eigenvalue weighted by Gasteiger charge is -2.32. The molecule has 43 heavy (non-hydrogen) atoms. The summed E-state index contributed by atoms with van der Waals surface area (Å²) in [6.45, 7) is 3.18. The first kappa shape index (κ1) is 28.6. The number of hydrogen-bond acceptors (Lipinski definition) is 4. The van der Waals surface area contributed by atoms with Crippen molar-refractivity contribution in [2.75, 3.05) is 13.1 Å². The molecule has 0 atom stereocenters. The van der Waals surface area contributed by atoms with Gasteiger partial charge in [0.1, 0.15) is 0 Å². The van der Waals surface area contributed by atoms with Crippen molar-refractivity contribution < 1.29 is 4.79 Å². The van der Waals surface area contributed by atoms with E-state index in [1.54, 1.807) is 53.1 Å². The van der Waals surface area contributed by atoms with Gasteiger partial charge in [0, 0.05) is 36.3 Å². The van der Waals surface area contributed by atoms with E-state index in [1.165, 1.54) is 10.1 Å². The van der Waals surface area contributed by atoms with E-state index in [1.807, 2.05) is 30.3 Å². The first-order valence-electron chi connectivity index (χ1n) is 14.6. The normalized spacial score (nSPS) is 14.2. The van der Waals surface area contributed by atoms with Crippen LogP contribution in [0, 0.1) is 0 Å². The van der Waals surface area contributed by atoms with Crippen LogP contribution in [0.5, 0.6) is 0 Å². The number of carbonyl (C=O) groups excluding carboxylic acids is 1. The van der Waals surface area contributed by atoms with Crippen molar-refractivity contribution in [1.82, 2.24) is 19.4 Å². The molecule has 1 fully saturated rings. The van der Waals surface area contributed by atoms with E-state index in [4.69, 9.17) is 11.6 Å². The van der Waals surface area contributed by atoms with E-state index in [0.717, 1.165) is 43.6 Å². The minimum atomic E-state index is -0.399. The number of aromatic nitrogens is 2. The standard InChI is InChI=1S/C35H33ClN4O3/c36-29-10-6-9-27(21-29)24-39-32-12-5-4-11-31(32)34(42)40(35(39)43)23-26-13-15-28(16-14-26)33(41)37-30-17-19-38(20-18-30)22-25-7-2-1-3-8-25/h1-16,21,30H,17-20,22-24H2,(H,37,41). The number of piperidine rings is 1. The van der Waals surface area contributed by atoms with Crippen LogP contribution in [0.15, 0.2) is 113 Å². The third kappa shape index (κ3) is 6.63. The number of fused-ring (bicyclic) bond motifs is 1. The zero-order chi connectivity index (χ0) is 29.8. The Balaban J connectivity index is 1.14. The van der Waals surface area contributed by atoms with Gasteiger partial charge in [-0.3, -0.25) is 23.6 Å². The summed E-state index contributed by atoms with van der Waals surface area (Å²) >= 11 is 6.18. The molecule has 5 aromatic rings. The number of nitrogens with zero attached hydrogens (tertiary/aromatic N) is 3. The fourth-order valence-electron chi connectivity index (χ4n) is 5.77. The molecule has 1 aromatic heterocycles. The zero-order valence-electron chi connectivity index (χ0n) is 23.8. The molecule has 1 aliphatic rings. The van der Waals surface area contributed by atoms with Crippen LogP contribution >= 0.6 is 11.6 Å². The van der Waals surface area contributed by atoms with Crippen LogP contribution < -0.4 is 16.6 Å². The minimum Gasteiger partial charge on any atom is -0.349 e. The van der Waals surface area contributed by atoms with Gasteiger partial charge in [-0.05, 0) is 65.9 Å². The van der Waals surface area contributed by atoms with E-state index < -0.39 is 5.69 Å². The van der Waals surface area contributed by atoms with Crippen molar-refractivity contribution >= 4 is 28.4 Å². The fourth-order valence-corrected chi connectivity index (χ4v) is 5.98. The fraction of sp³-hybridized carbons (Fsp3) is 0.229. The highest BCUT2D eigenvalue weighted by Gasteiger charge is 2.21. The van der Waals surface area contributed by atoms with Crippen molar-refractivity contribution in [3.63, 3.8) is 0 Å². The summed E-state index contributed by atoms with van der Waals surface area (Å²) < 4.78 is 2.86. The maximum atomic E-state index is 13.6. The van der Waals surface area contributed by atoms with Gasteiger partial charge >= 0.3 is 5.69 Å². The van der Waals surface area contributed by atoms with Gasteiger partial charge in [-0.15, -0.1) is 0 Å². The van der Waals surface area contributed by atoms with Crippen molar-refractivity contribution in [2.45, 2.75) is 38.5 Å². The number of carbonyl (C=O) groups is 1. The Morgan fingerprint density at radius 2 is 1.37 bits per heavy atom. The average molecular weight is 593 g/mol. The van der Waals surface area contributed by atoms with Gasteiger partial charge in [0.15, 0.2) is 0 Å². The second kappa shape index (κ2) is 12.8. The Labute approximate surface area is 255 Å². The molecule has 4 aromatic carbocycles. The van der Waals surface area contributed by atoms with Crippen LogP contribution in [-0.4, -0.2) is 39.1 Å². The molecule has 1 N–H and O–H groups in total. The first-order valence-corrected chi connectivity index (χ1v) is 15.0. The molecule has 0 unspecified atom stereocenters. The molecule has 0 saturated carbocycles. The number of hydrogen-bond donors (Lipinski definition) is 1. The van der Waals surface area contributed by atoms with E-state index >= 15 is 0 Å². The summed E-state index contributed by atoms with van der Waals surface area (Å²) in [6.07, 6.45) is 1.81. The maximum absolute atomic E-state index is 13.6. The van der Waals surface area contributed by atoms with Gasteiger partial charge in [-0.2, -0.15) is 0 Å². The molecule has 0 radical (unpaired) electrons. The predicted molar refractivity (Wildman–Crippen MR) is 171 cm³/mol. The number of benzene rings is 4. The van der Waals surface area contributed by atoms with Crippen molar-refractivity contribution in [3.8, 4) is 0 Å². The predicted octanol–water partition coefficient (Wildman–Crippen LogP) is 5.31. The highest BCUT2D eigenvalue weighted by atomic mass is 35.5. The number of para-hydroxylation sites is 1. The van der Waals surface area contributed by atoms with Crippen LogP contribution in [0.4, 0.5) is 0 Å². The van der Waals surface area contributed by atoms with Crippen LogP contribution in [-0.2, 0) is 19.6 Å². The number of nitrogens with one attached hydrogen (secondary N) is 1. The Hall–Kier alpha value is -4.46. The molecular weight excluding hydrogens is 560 g/mol. The van der Waals surface area contributed by atoms with Gasteiger partial charge < -0.3 is 5.32 Å². The van der Waals surface area contributed by atoms with Crippen molar-refractivity contribution in [3.05, 3.63) is 151 Å². The summed E-state index contributed by atoms with van der Waals surface area (Å²) in [5.41, 5.74) is 3.31. The maximum Gasteiger partial charge on any atom is 0.332 e. The lowest BCUT2D eigenvalue weighted by atomic mass is 10.0. The average Bonchev–Trinajstić information content (AvgIpc) is 3.03. The molecule has 6 rings (SSSR count). The lowest BCUT2D eigenvalue weighted by molar-refractivity contribution is 0.0909. The molecular formula is C35H33ClN4O3. The summed E-state index contributed by atoms with van der Waals surface area (Å²) in [4.78, 5) is 42.5. The largest absolute Gasteiger partial charge is 0.349 e. The number of amides is 1. The summed E-state index contributed by atoms with van der Waals surface area (Å²) in [7, 11) is 0. The topological polar surface area (TPSA) is 76.3 Å².